The molecular weight excluding hydrogens is 497 g/mol. The zero-order valence-corrected chi connectivity index (χ0v) is 20.6. The zero-order valence-electron chi connectivity index (χ0n) is 19.8. The van der Waals surface area contributed by atoms with E-state index in [4.69, 9.17) is 9.15 Å². The minimum atomic E-state index is -2.40. The molecule has 1 heterocycles. The molecule has 1 aromatic heterocycles. The van der Waals surface area contributed by atoms with Crippen molar-refractivity contribution >= 4 is 28.6 Å². The molecule has 6 nitrogen and oxygen atoms in total. The Labute approximate surface area is 210 Å². The predicted octanol–water partition coefficient (Wildman–Crippen LogP) is 4.54. The second kappa shape index (κ2) is 8.62. The summed E-state index contributed by atoms with van der Waals surface area (Å²) in [5, 5.41) is 10.8. The van der Waals surface area contributed by atoms with Crippen molar-refractivity contribution in [1.82, 2.24) is 0 Å². The summed E-state index contributed by atoms with van der Waals surface area (Å²) in [5.74, 6) is -3.82. The summed E-state index contributed by atoms with van der Waals surface area (Å²) in [7, 11) is 0. The fraction of sp³-hybridized carbons (Fsp3) is 0.577. The predicted molar refractivity (Wildman–Crippen MR) is 124 cm³/mol. The highest BCUT2D eigenvalue weighted by Crippen LogP contribution is 2.70. The monoisotopic (exact) mass is 524 g/mol. The summed E-state index contributed by atoms with van der Waals surface area (Å²) >= 11 is 0.381. The first-order valence-electron chi connectivity index (χ1n) is 11.9. The van der Waals surface area contributed by atoms with Crippen LogP contribution in [0.5, 0.6) is 0 Å². The number of ether oxygens (including phenoxy) is 1. The highest BCUT2D eigenvalue weighted by atomic mass is 32.2. The van der Waals surface area contributed by atoms with E-state index < -0.39 is 81.9 Å². The van der Waals surface area contributed by atoms with Gasteiger partial charge in [0, 0.05) is 11.3 Å². The normalized spacial score (nSPS) is 43.3. The Balaban J connectivity index is 1.61. The Morgan fingerprint density at radius 2 is 2.06 bits per heavy atom. The molecule has 9 atom stereocenters. The number of fused-ring (bicyclic) bond motifs is 5. The summed E-state index contributed by atoms with van der Waals surface area (Å²) in [6.45, 7) is 3.20. The van der Waals surface area contributed by atoms with E-state index in [0.29, 0.717) is 11.8 Å². The molecule has 0 bridgehead atoms. The largest absolute Gasteiger partial charge is 0.457 e. The molecule has 0 aromatic carbocycles. The second-order valence-electron chi connectivity index (χ2n) is 10.5. The maximum atomic E-state index is 17.3. The van der Waals surface area contributed by atoms with Crippen LogP contribution in [0.1, 0.15) is 43.7 Å². The van der Waals surface area contributed by atoms with E-state index in [1.54, 1.807) is 6.92 Å². The van der Waals surface area contributed by atoms with Gasteiger partial charge in [-0.2, -0.15) is 0 Å². The molecule has 4 aliphatic carbocycles. The molecule has 1 N–H and O–H groups in total. The molecule has 4 aliphatic rings. The first-order chi connectivity index (χ1) is 17.0. The average Bonchev–Trinajstić information content (AvgIpc) is 3.46. The smallest absolute Gasteiger partial charge is 0.374 e. The summed E-state index contributed by atoms with van der Waals surface area (Å²) in [5.41, 5.74) is -5.66. The molecule has 3 fully saturated rings. The van der Waals surface area contributed by atoms with Crippen LogP contribution in [0.25, 0.3) is 0 Å². The number of hydrogen-bond acceptors (Lipinski definition) is 7. The number of carbonyl (C=O) groups excluding carboxylic acids is 3. The number of allylic oxidation sites excluding steroid dienone is 4. The fourth-order valence-corrected chi connectivity index (χ4v) is 8.17. The van der Waals surface area contributed by atoms with Gasteiger partial charge in [0.05, 0.1) is 17.8 Å². The van der Waals surface area contributed by atoms with Crippen LogP contribution in [0, 0.1) is 28.6 Å². The van der Waals surface area contributed by atoms with Crippen LogP contribution < -0.4 is 0 Å². The maximum absolute atomic E-state index is 17.3. The number of rotatable bonds is 4. The Morgan fingerprint density at radius 1 is 1.31 bits per heavy atom. The summed E-state index contributed by atoms with van der Waals surface area (Å²) in [6.07, 6.45) is -0.265. The van der Waals surface area contributed by atoms with Gasteiger partial charge >= 0.3 is 5.97 Å². The number of carbonyl (C=O) groups is 3. The third-order valence-electron chi connectivity index (χ3n) is 8.95. The average molecular weight is 525 g/mol. The minimum absolute atomic E-state index is 0.0309. The number of thioether (sulfide) groups is 1. The molecule has 3 saturated carbocycles. The topological polar surface area (TPSA) is 93.8 Å². The van der Waals surface area contributed by atoms with E-state index in [2.05, 4.69) is 0 Å². The molecule has 2 unspecified atom stereocenters. The van der Waals surface area contributed by atoms with Crippen LogP contribution in [-0.4, -0.2) is 52.0 Å². The highest BCUT2D eigenvalue weighted by molar-refractivity contribution is 8.13. The molecule has 194 valence electrons. The lowest BCUT2D eigenvalue weighted by Crippen LogP contribution is -2.70. The van der Waals surface area contributed by atoms with Crippen LogP contribution in [0.2, 0.25) is 0 Å². The highest BCUT2D eigenvalue weighted by Gasteiger charge is 2.76. The van der Waals surface area contributed by atoms with Gasteiger partial charge in [0.25, 0.3) is 0 Å². The van der Waals surface area contributed by atoms with Crippen LogP contribution in [0.15, 0.2) is 46.6 Å². The Morgan fingerprint density at radius 3 is 2.72 bits per heavy atom. The lowest BCUT2D eigenvalue weighted by atomic mass is 9.45. The van der Waals surface area contributed by atoms with Crippen LogP contribution in [0.4, 0.5) is 13.2 Å². The number of halogens is 3. The zero-order chi connectivity index (χ0) is 26.0. The molecule has 0 aliphatic heterocycles. The lowest BCUT2D eigenvalue weighted by Gasteiger charge is -2.62. The van der Waals surface area contributed by atoms with Crippen LogP contribution >= 0.6 is 11.8 Å². The Bertz CT molecular complexity index is 1150. The summed E-state index contributed by atoms with van der Waals surface area (Å²) in [4.78, 5) is 38.3. The van der Waals surface area contributed by atoms with E-state index in [1.807, 2.05) is 0 Å². The number of alkyl halides is 3. The molecule has 5 rings (SSSR count). The van der Waals surface area contributed by atoms with Crippen molar-refractivity contribution in [3.8, 4) is 0 Å². The summed E-state index contributed by atoms with van der Waals surface area (Å²) in [6, 6.07) is 1.84. The Kier molecular flexibility index (Phi) is 6.06. The van der Waals surface area contributed by atoms with Gasteiger partial charge in [-0.05, 0) is 67.9 Å². The first-order valence-corrected chi connectivity index (χ1v) is 12.9. The maximum Gasteiger partial charge on any atom is 0.374 e. The molecule has 0 saturated heterocycles. The van der Waals surface area contributed by atoms with Gasteiger partial charge in [-0.25, -0.2) is 18.0 Å². The van der Waals surface area contributed by atoms with Gasteiger partial charge in [0.15, 0.2) is 11.5 Å². The lowest BCUT2D eigenvalue weighted by molar-refractivity contribution is -0.207. The third kappa shape index (κ3) is 3.25. The summed E-state index contributed by atoms with van der Waals surface area (Å²) < 4.78 is 57.2. The van der Waals surface area contributed by atoms with Gasteiger partial charge in [-0.1, -0.05) is 24.8 Å². The number of esters is 1. The van der Waals surface area contributed by atoms with E-state index in [1.165, 1.54) is 37.5 Å². The van der Waals surface area contributed by atoms with Crippen molar-refractivity contribution in [2.24, 2.45) is 28.6 Å². The van der Waals surface area contributed by atoms with Crippen molar-refractivity contribution in [2.75, 3.05) is 6.01 Å². The molecule has 10 heteroatoms. The van der Waals surface area contributed by atoms with Gasteiger partial charge in [-0.15, -0.1) is 0 Å². The van der Waals surface area contributed by atoms with E-state index in [0.717, 1.165) is 6.08 Å². The molecule has 36 heavy (non-hydrogen) atoms. The van der Waals surface area contributed by atoms with Gasteiger partial charge < -0.3 is 14.3 Å². The van der Waals surface area contributed by atoms with Crippen molar-refractivity contribution in [3.63, 3.8) is 0 Å². The fourth-order valence-electron chi connectivity index (χ4n) is 7.45. The first kappa shape index (κ1) is 25.3. The standard InChI is InChI=1S/C26H27F3O6S/c1-13-8-15-16-10-18(28)17-9-14(30)5-6-24(17,2)26(16,29)20(31)11-25(15,23(33)36-12-27)21(13)35-22(32)19-4-3-7-34-19/h3-7,9,13,15-16,18,20-21,31H,8,10-12H2,1-2H3/t13-,15?,16?,18+,20+,21-,24+,25-,26+/m1/s1. The number of aliphatic hydroxyl groups excluding tert-OH is 1. The van der Waals surface area contributed by atoms with E-state index in [9.17, 15) is 23.9 Å². The minimum Gasteiger partial charge on any atom is -0.457 e. The van der Waals surface area contributed by atoms with Crippen molar-refractivity contribution in [1.29, 1.82) is 0 Å². The van der Waals surface area contributed by atoms with Crippen LogP contribution in [0.3, 0.4) is 0 Å². The second-order valence-corrected chi connectivity index (χ2v) is 11.4. The number of hydrogen-bond donors (Lipinski definition) is 1. The van der Waals surface area contributed by atoms with Crippen molar-refractivity contribution in [3.05, 3.63) is 48.0 Å². The van der Waals surface area contributed by atoms with E-state index in [-0.39, 0.29) is 24.2 Å². The van der Waals surface area contributed by atoms with E-state index >= 15 is 8.78 Å². The molecule has 1 aromatic rings. The van der Waals surface area contributed by atoms with Gasteiger partial charge in [-0.3, -0.25) is 9.59 Å². The molecule has 0 spiro atoms. The number of aliphatic hydroxyl groups is 1. The van der Waals surface area contributed by atoms with Gasteiger partial charge in [0.2, 0.25) is 10.9 Å². The number of ketones is 1. The molecular formula is C26H27F3O6S. The van der Waals surface area contributed by atoms with Crippen molar-refractivity contribution in [2.45, 2.75) is 57.2 Å². The quantitative estimate of drug-likeness (QED) is 0.578. The SMILES string of the molecule is C[C@@H]1CC2C3C[C@H](F)C4=CC(=O)C=C[C@]4(C)[C@@]3(F)[C@@H](O)C[C@]2(C(=O)SCF)[C@@H]1OC(=O)c1ccco1. The number of furan rings is 1. The van der Waals surface area contributed by atoms with Gasteiger partial charge in [0.1, 0.15) is 18.3 Å². The van der Waals surface area contributed by atoms with Crippen LogP contribution in [-0.2, 0) is 14.3 Å². The third-order valence-corrected chi connectivity index (χ3v) is 9.70. The molecule has 0 radical (unpaired) electrons. The van der Waals surface area contributed by atoms with Crippen molar-refractivity contribution < 1.29 is 41.8 Å². The molecule has 0 amide bonds. The Hall–Kier alpha value is -2.33.